The van der Waals surface area contributed by atoms with Crippen LogP contribution in [0.5, 0.6) is 0 Å². The first-order chi connectivity index (χ1) is 7.11. The molecule has 94 valence electrons. The van der Waals surface area contributed by atoms with Crippen LogP contribution in [0.15, 0.2) is 0 Å². The predicted octanol–water partition coefficient (Wildman–Crippen LogP) is 0.653. The second-order valence-corrected chi connectivity index (χ2v) is 5.11. The van der Waals surface area contributed by atoms with E-state index < -0.39 is 42.5 Å². The van der Waals surface area contributed by atoms with Gasteiger partial charge < -0.3 is 15.8 Å². The van der Waals surface area contributed by atoms with E-state index in [4.69, 9.17) is 10.5 Å². The lowest BCUT2D eigenvalue weighted by atomic mass is 10.1. The normalized spacial score (nSPS) is 26.5. The molecule has 0 aromatic rings. The van der Waals surface area contributed by atoms with Gasteiger partial charge in [-0.15, -0.1) is 0 Å². The quantitative estimate of drug-likeness (QED) is 0.691. The number of hydrogen-bond acceptors (Lipinski definition) is 4. The molecule has 0 saturated carbocycles. The van der Waals surface area contributed by atoms with Gasteiger partial charge in [0.25, 0.3) is 5.92 Å². The Morgan fingerprint density at radius 1 is 1.56 bits per heavy atom. The number of ether oxygens (including phenoxy) is 1. The molecule has 16 heavy (non-hydrogen) atoms. The monoisotopic (exact) mass is 236 g/mol. The fraction of sp³-hybridized carbons (Fsp3) is 0.900. The van der Waals surface area contributed by atoms with Crippen LogP contribution in [0, 0.1) is 0 Å². The lowest BCUT2D eigenvalue weighted by Gasteiger charge is -2.24. The number of nitrogens with one attached hydrogen (secondary N) is 1. The van der Waals surface area contributed by atoms with Crippen LogP contribution in [0.25, 0.3) is 0 Å². The minimum atomic E-state index is -2.79. The molecule has 4 nitrogen and oxygen atoms in total. The first-order valence-corrected chi connectivity index (χ1v) is 5.20. The molecule has 1 fully saturated rings. The molecule has 2 atom stereocenters. The summed E-state index contributed by atoms with van der Waals surface area (Å²) in [5, 5.41) is 2.54. The fourth-order valence-corrected chi connectivity index (χ4v) is 1.53. The SMILES string of the molecule is CC(C)(C)OC(=O)[C@@H](N)[C@@H]1CC(F)(F)CN1. The maximum Gasteiger partial charge on any atom is 0.325 e. The van der Waals surface area contributed by atoms with Gasteiger partial charge in [-0.25, -0.2) is 8.78 Å². The minimum absolute atomic E-state index is 0.423. The maximum atomic E-state index is 12.9. The lowest BCUT2D eigenvalue weighted by Crippen LogP contribution is -2.49. The molecule has 1 aliphatic rings. The molecule has 0 spiro atoms. The Labute approximate surface area is 93.5 Å². The Bertz CT molecular complexity index is 276. The van der Waals surface area contributed by atoms with Crippen LogP contribution in [-0.2, 0) is 9.53 Å². The summed E-state index contributed by atoms with van der Waals surface area (Å²) in [6, 6.07) is -1.77. The van der Waals surface area contributed by atoms with Crippen LogP contribution < -0.4 is 11.1 Å². The standard InChI is InChI=1S/C10H18F2N2O2/c1-9(2,3)16-8(15)7(13)6-4-10(11,12)5-14-6/h6-7,14H,4-5,13H2,1-3H3/t6-,7-/m0/s1. The Hall–Kier alpha value is -0.750. The summed E-state index contributed by atoms with van der Waals surface area (Å²) < 4.78 is 30.8. The number of carbonyl (C=O) groups excluding carboxylic acids is 1. The second-order valence-electron chi connectivity index (χ2n) is 5.11. The minimum Gasteiger partial charge on any atom is -0.459 e. The number of hydrogen-bond donors (Lipinski definition) is 2. The van der Waals surface area contributed by atoms with Gasteiger partial charge in [-0.1, -0.05) is 0 Å². The number of alkyl halides is 2. The molecular weight excluding hydrogens is 218 g/mol. The number of rotatable bonds is 2. The van der Waals surface area contributed by atoms with Gasteiger partial charge in [0.2, 0.25) is 0 Å². The van der Waals surface area contributed by atoms with E-state index in [1.54, 1.807) is 20.8 Å². The van der Waals surface area contributed by atoms with Crippen molar-refractivity contribution in [2.75, 3.05) is 6.54 Å². The third-order valence-corrected chi connectivity index (χ3v) is 2.25. The largest absolute Gasteiger partial charge is 0.459 e. The van der Waals surface area contributed by atoms with Gasteiger partial charge in [0.1, 0.15) is 11.6 Å². The summed E-state index contributed by atoms with van der Waals surface area (Å²) in [6.45, 7) is 4.67. The van der Waals surface area contributed by atoms with Crippen molar-refractivity contribution in [3.8, 4) is 0 Å². The van der Waals surface area contributed by atoms with Crippen LogP contribution in [0.1, 0.15) is 27.2 Å². The van der Waals surface area contributed by atoms with Crippen molar-refractivity contribution < 1.29 is 18.3 Å². The van der Waals surface area contributed by atoms with Crippen molar-refractivity contribution in [3.63, 3.8) is 0 Å². The molecule has 0 aliphatic carbocycles. The van der Waals surface area contributed by atoms with Crippen LogP contribution >= 0.6 is 0 Å². The summed E-state index contributed by atoms with van der Waals surface area (Å²) in [6.07, 6.45) is -0.423. The van der Waals surface area contributed by atoms with Crippen LogP contribution in [0.4, 0.5) is 8.78 Å². The van der Waals surface area contributed by atoms with Crippen molar-refractivity contribution in [3.05, 3.63) is 0 Å². The van der Waals surface area contributed by atoms with E-state index in [1.807, 2.05) is 0 Å². The van der Waals surface area contributed by atoms with Crippen molar-refractivity contribution >= 4 is 5.97 Å². The van der Waals surface area contributed by atoms with Crippen LogP contribution in [-0.4, -0.2) is 36.1 Å². The fourth-order valence-electron chi connectivity index (χ4n) is 1.53. The summed E-state index contributed by atoms with van der Waals surface area (Å²) in [4.78, 5) is 11.5. The van der Waals surface area contributed by atoms with E-state index in [-0.39, 0.29) is 0 Å². The zero-order chi connectivity index (χ0) is 12.6. The highest BCUT2D eigenvalue weighted by Crippen LogP contribution is 2.26. The molecule has 0 bridgehead atoms. The van der Waals surface area contributed by atoms with Gasteiger partial charge in [-0.3, -0.25) is 4.79 Å². The van der Waals surface area contributed by atoms with Crippen molar-refractivity contribution in [1.29, 1.82) is 0 Å². The van der Waals surface area contributed by atoms with E-state index in [9.17, 15) is 13.6 Å². The molecule has 0 unspecified atom stereocenters. The second kappa shape index (κ2) is 4.25. The molecule has 0 amide bonds. The summed E-state index contributed by atoms with van der Waals surface area (Å²) in [5.74, 6) is -3.44. The van der Waals surface area contributed by atoms with Crippen LogP contribution in [0.3, 0.4) is 0 Å². The molecule has 1 rings (SSSR count). The first-order valence-electron chi connectivity index (χ1n) is 5.20. The third-order valence-electron chi connectivity index (χ3n) is 2.25. The zero-order valence-electron chi connectivity index (χ0n) is 9.72. The van der Waals surface area contributed by atoms with E-state index in [2.05, 4.69) is 5.32 Å². The van der Waals surface area contributed by atoms with Crippen molar-refractivity contribution in [2.45, 2.75) is 50.8 Å². The summed E-state index contributed by atoms with van der Waals surface area (Å²) >= 11 is 0. The Kier molecular flexibility index (Phi) is 3.54. The van der Waals surface area contributed by atoms with Crippen molar-refractivity contribution in [2.24, 2.45) is 5.73 Å². The molecule has 0 aromatic carbocycles. The van der Waals surface area contributed by atoms with Gasteiger partial charge in [-0.05, 0) is 20.8 Å². The smallest absolute Gasteiger partial charge is 0.325 e. The molecular formula is C10H18F2N2O2. The van der Waals surface area contributed by atoms with Gasteiger partial charge in [0.05, 0.1) is 6.54 Å². The average Bonchev–Trinajstić information content (AvgIpc) is 2.41. The lowest BCUT2D eigenvalue weighted by molar-refractivity contribution is -0.157. The number of nitrogens with two attached hydrogens (primary N) is 1. The molecule has 1 saturated heterocycles. The average molecular weight is 236 g/mol. The van der Waals surface area contributed by atoms with Gasteiger partial charge in [-0.2, -0.15) is 0 Å². The van der Waals surface area contributed by atoms with Gasteiger partial charge in [0.15, 0.2) is 0 Å². The molecule has 3 N–H and O–H groups in total. The third kappa shape index (κ3) is 3.68. The molecule has 0 aromatic heterocycles. The Morgan fingerprint density at radius 3 is 2.50 bits per heavy atom. The highest BCUT2D eigenvalue weighted by atomic mass is 19.3. The topological polar surface area (TPSA) is 64.3 Å². The first kappa shape index (κ1) is 13.3. The summed E-state index contributed by atoms with van der Waals surface area (Å²) in [5.41, 5.74) is 4.92. The zero-order valence-corrected chi connectivity index (χ0v) is 9.72. The molecule has 1 aliphatic heterocycles. The van der Waals surface area contributed by atoms with Gasteiger partial charge in [0, 0.05) is 12.5 Å². The van der Waals surface area contributed by atoms with E-state index in [0.717, 1.165) is 0 Å². The number of esters is 1. The Balaban J connectivity index is 2.52. The molecule has 6 heteroatoms. The van der Waals surface area contributed by atoms with Crippen molar-refractivity contribution in [1.82, 2.24) is 5.32 Å². The molecule has 0 radical (unpaired) electrons. The Morgan fingerprint density at radius 2 is 2.12 bits per heavy atom. The van der Waals surface area contributed by atoms with Gasteiger partial charge >= 0.3 is 5.97 Å². The number of carbonyl (C=O) groups is 1. The van der Waals surface area contributed by atoms with E-state index >= 15 is 0 Å². The number of halogens is 2. The summed E-state index contributed by atoms with van der Waals surface area (Å²) in [7, 11) is 0. The highest BCUT2D eigenvalue weighted by Gasteiger charge is 2.44. The maximum absolute atomic E-state index is 12.9. The van der Waals surface area contributed by atoms with E-state index in [0.29, 0.717) is 0 Å². The predicted molar refractivity (Wildman–Crippen MR) is 55.2 cm³/mol. The highest BCUT2D eigenvalue weighted by molar-refractivity contribution is 5.77. The van der Waals surface area contributed by atoms with Crippen LogP contribution in [0.2, 0.25) is 0 Å². The molecule has 1 heterocycles. The van der Waals surface area contributed by atoms with E-state index in [1.165, 1.54) is 0 Å².